The minimum Gasteiger partial charge on any atom is -0.341 e. The minimum absolute atomic E-state index is 0.114. The standard InChI is InChI=1S/C14H14IN3O4S/c1-23(15)17-8-4-2-3-7-11(8)14(22)18(13(7)21)9-5-6-10(19)16-12(9)20/h2-4,9,17,23H,5-6H2,1H3,(H,16,19,20). The number of benzene rings is 1. The van der Waals surface area contributed by atoms with Crippen molar-refractivity contribution >= 4 is 58.8 Å². The van der Waals surface area contributed by atoms with Crippen molar-refractivity contribution in [3.8, 4) is 0 Å². The third-order valence-corrected chi connectivity index (χ3v) is 5.02. The fraction of sp³-hybridized carbons (Fsp3) is 0.286. The van der Waals surface area contributed by atoms with Crippen LogP contribution in [0, 0.1) is 0 Å². The first-order valence-corrected chi connectivity index (χ1v) is 11.5. The molecule has 9 heteroatoms. The second kappa shape index (κ2) is 6.11. The van der Waals surface area contributed by atoms with Crippen molar-refractivity contribution in [1.82, 2.24) is 10.2 Å². The number of carbonyl (C=O) groups is 4. The molecule has 2 heterocycles. The maximum absolute atomic E-state index is 12.7. The lowest BCUT2D eigenvalue weighted by Crippen LogP contribution is -2.54. The number of fused-ring (bicyclic) bond motifs is 1. The molecule has 0 radical (unpaired) electrons. The van der Waals surface area contributed by atoms with Crippen LogP contribution in [0.2, 0.25) is 0 Å². The Labute approximate surface area is 147 Å². The predicted molar refractivity (Wildman–Crippen MR) is 95.7 cm³/mol. The number of hydrogen-bond acceptors (Lipinski definition) is 5. The molecule has 0 bridgehead atoms. The van der Waals surface area contributed by atoms with E-state index in [0.29, 0.717) is 11.3 Å². The van der Waals surface area contributed by atoms with Crippen molar-refractivity contribution in [3.05, 3.63) is 29.3 Å². The van der Waals surface area contributed by atoms with E-state index < -0.39 is 32.0 Å². The SMILES string of the molecule is C[SH](I)Nc1cccc2c1C(=O)N(C1CCC(=O)NC1=O)C2=O. The van der Waals surface area contributed by atoms with Gasteiger partial charge in [-0.05, 0) is 46.0 Å². The summed E-state index contributed by atoms with van der Waals surface area (Å²) < 4.78 is 3.19. The Morgan fingerprint density at radius 1 is 1.26 bits per heavy atom. The maximum Gasteiger partial charge on any atom is 0.264 e. The first-order chi connectivity index (χ1) is 10.9. The third kappa shape index (κ3) is 2.82. The summed E-state index contributed by atoms with van der Waals surface area (Å²) in [6.45, 7) is 0. The van der Waals surface area contributed by atoms with Crippen LogP contribution in [0.4, 0.5) is 5.69 Å². The Bertz CT molecular complexity index is 737. The molecule has 122 valence electrons. The molecule has 1 aromatic rings. The summed E-state index contributed by atoms with van der Waals surface area (Å²) >= 11 is 2.22. The van der Waals surface area contributed by atoms with Gasteiger partial charge in [-0.1, -0.05) is 6.07 Å². The van der Waals surface area contributed by atoms with Crippen LogP contribution in [0.5, 0.6) is 0 Å². The summed E-state index contributed by atoms with van der Waals surface area (Å²) in [5, 5.41) is 2.18. The zero-order valence-electron chi connectivity index (χ0n) is 12.1. The average molecular weight is 447 g/mol. The molecule has 23 heavy (non-hydrogen) atoms. The van der Waals surface area contributed by atoms with E-state index in [4.69, 9.17) is 0 Å². The summed E-state index contributed by atoms with van der Waals surface area (Å²) in [5.41, 5.74) is 1.19. The minimum atomic E-state index is -0.935. The van der Waals surface area contributed by atoms with Crippen LogP contribution in [0.15, 0.2) is 18.2 Å². The molecule has 2 N–H and O–H groups in total. The monoisotopic (exact) mass is 447 g/mol. The smallest absolute Gasteiger partial charge is 0.264 e. The van der Waals surface area contributed by atoms with Gasteiger partial charge in [0.25, 0.3) is 11.8 Å². The topological polar surface area (TPSA) is 95.6 Å². The van der Waals surface area contributed by atoms with Gasteiger partial charge < -0.3 is 4.72 Å². The van der Waals surface area contributed by atoms with Crippen LogP contribution >= 0.6 is 29.5 Å². The molecule has 2 aliphatic heterocycles. The van der Waals surface area contributed by atoms with E-state index in [1.165, 1.54) is 0 Å². The number of piperidine rings is 1. The van der Waals surface area contributed by atoms with E-state index in [9.17, 15) is 19.2 Å². The highest BCUT2D eigenvalue weighted by molar-refractivity contribution is 14.2. The van der Waals surface area contributed by atoms with Gasteiger partial charge in [-0.25, -0.2) is 0 Å². The molecule has 0 aromatic heterocycles. The highest BCUT2D eigenvalue weighted by Crippen LogP contribution is 2.37. The Morgan fingerprint density at radius 2 is 2.00 bits per heavy atom. The number of imide groups is 2. The van der Waals surface area contributed by atoms with Crippen molar-refractivity contribution in [2.75, 3.05) is 11.0 Å². The number of nitrogens with one attached hydrogen (secondary N) is 2. The molecular formula is C14H14IN3O4S. The number of nitrogens with zero attached hydrogens (tertiary/aromatic N) is 1. The highest BCUT2D eigenvalue weighted by atomic mass is 127. The van der Waals surface area contributed by atoms with Crippen LogP contribution in [0.3, 0.4) is 0 Å². The Hall–Kier alpha value is -1.62. The van der Waals surface area contributed by atoms with Crippen LogP contribution in [0.25, 0.3) is 0 Å². The van der Waals surface area contributed by atoms with E-state index in [-0.39, 0.29) is 24.3 Å². The third-order valence-electron chi connectivity index (χ3n) is 3.74. The van der Waals surface area contributed by atoms with Gasteiger partial charge >= 0.3 is 0 Å². The Kier molecular flexibility index (Phi) is 4.32. The lowest BCUT2D eigenvalue weighted by Gasteiger charge is -2.27. The molecule has 0 spiro atoms. The quantitative estimate of drug-likeness (QED) is 0.370. The second-order valence-corrected chi connectivity index (χ2v) is 10.8. The molecule has 1 saturated heterocycles. The van der Waals surface area contributed by atoms with Crippen LogP contribution in [0.1, 0.15) is 33.6 Å². The van der Waals surface area contributed by atoms with Gasteiger partial charge in [0.2, 0.25) is 11.8 Å². The Morgan fingerprint density at radius 3 is 2.65 bits per heavy atom. The number of thiol groups is 1. The lowest BCUT2D eigenvalue weighted by atomic mass is 10.0. The first-order valence-electron chi connectivity index (χ1n) is 6.91. The lowest BCUT2D eigenvalue weighted by molar-refractivity contribution is -0.136. The normalized spacial score (nSPS) is 22.8. The zero-order valence-corrected chi connectivity index (χ0v) is 15.2. The van der Waals surface area contributed by atoms with Gasteiger partial charge in [-0.2, -0.15) is 0 Å². The van der Waals surface area contributed by atoms with E-state index in [1.54, 1.807) is 18.2 Å². The largest absolute Gasteiger partial charge is 0.341 e. The molecule has 7 nitrogen and oxygen atoms in total. The Balaban J connectivity index is 1.98. The molecule has 1 aromatic carbocycles. The van der Waals surface area contributed by atoms with E-state index in [0.717, 1.165) is 4.90 Å². The van der Waals surface area contributed by atoms with Crippen LogP contribution in [-0.2, 0) is 9.59 Å². The molecule has 1 fully saturated rings. The molecule has 2 atom stereocenters. The van der Waals surface area contributed by atoms with Gasteiger partial charge in [0.1, 0.15) is 6.04 Å². The zero-order chi connectivity index (χ0) is 16.7. The maximum atomic E-state index is 12.7. The number of amides is 4. The molecule has 2 aliphatic rings. The van der Waals surface area contributed by atoms with Gasteiger partial charge in [0.05, 0.1) is 16.8 Å². The van der Waals surface area contributed by atoms with Crippen molar-refractivity contribution in [1.29, 1.82) is 0 Å². The molecule has 2 unspecified atom stereocenters. The van der Waals surface area contributed by atoms with E-state index in [2.05, 4.69) is 31.2 Å². The molecule has 0 aliphatic carbocycles. The fourth-order valence-corrected chi connectivity index (χ4v) is 4.07. The molecular weight excluding hydrogens is 433 g/mol. The van der Waals surface area contributed by atoms with Gasteiger partial charge in [0.15, 0.2) is 0 Å². The number of carbonyl (C=O) groups excluding carboxylic acids is 4. The first kappa shape index (κ1) is 16.2. The predicted octanol–water partition coefficient (Wildman–Crippen LogP) is 1.40. The van der Waals surface area contributed by atoms with Crippen molar-refractivity contribution in [3.63, 3.8) is 0 Å². The van der Waals surface area contributed by atoms with Crippen LogP contribution < -0.4 is 10.0 Å². The van der Waals surface area contributed by atoms with Gasteiger partial charge in [0, 0.05) is 6.42 Å². The average Bonchev–Trinajstić information content (AvgIpc) is 2.72. The molecule has 4 amide bonds. The van der Waals surface area contributed by atoms with Gasteiger partial charge in [-0.3, -0.25) is 29.4 Å². The summed E-state index contributed by atoms with van der Waals surface area (Å²) in [6, 6.07) is 4.10. The molecule has 0 saturated carbocycles. The number of halogens is 1. The fourth-order valence-electron chi connectivity index (χ4n) is 2.77. The van der Waals surface area contributed by atoms with Crippen LogP contribution in [-0.4, -0.2) is 40.8 Å². The summed E-state index contributed by atoms with van der Waals surface area (Å²) in [5.74, 6) is -1.96. The number of anilines is 1. The number of hydrogen-bond donors (Lipinski definition) is 3. The summed E-state index contributed by atoms with van der Waals surface area (Å²) in [7, 11) is -0.546. The van der Waals surface area contributed by atoms with Crippen molar-refractivity contribution in [2.24, 2.45) is 0 Å². The summed E-state index contributed by atoms with van der Waals surface area (Å²) in [4.78, 5) is 49.6. The summed E-state index contributed by atoms with van der Waals surface area (Å²) in [6.07, 6.45) is 2.25. The number of rotatable bonds is 3. The molecule has 3 rings (SSSR count). The second-order valence-electron chi connectivity index (χ2n) is 5.26. The van der Waals surface area contributed by atoms with E-state index in [1.807, 2.05) is 6.26 Å². The highest BCUT2D eigenvalue weighted by Gasteiger charge is 2.45. The van der Waals surface area contributed by atoms with E-state index >= 15 is 0 Å². The van der Waals surface area contributed by atoms with Gasteiger partial charge in [-0.15, -0.1) is 8.25 Å². The van der Waals surface area contributed by atoms with Crippen molar-refractivity contribution < 1.29 is 19.2 Å². The van der Waals surface area contributed by atoms with Crippen molar-refractivity contribution in [2.45, 2.75) is 18.9 Å².